The predicted octanol–water partition coefficient (Wildman–Crippen LogP) is 2.21. The van der Waals surface area contributed by atoms with Gasteiger partial charge in [0, 0.05) is 24.8 Å². The maximum absolute atomic E-state index is 8.76. The number of thiophene rings is 1. The number of nitrogens with zero attached hydrogens (tertiary/aromatic N) is 2. The van der Waals surface area contributed by atoms with E-state index in [1.807, 2.05) is 18.5 Å². The lowest BCUT2D eigenvalue weighted by Gasteiger charge is -2.04. The minimum atomic E-state index is 0.226. The van der Waals surface area contributed by atoms with Crippen LogP contribution in [-0.2, 0) is 0 Å². The Morgan fingerprint density at radius 3 is 3.12 bits per heavy atom. The lowest BCUT2D eigenvalue weighted by molar-refractivity contribution is 0.296. The highest BCUT2D eigenvalue weighted by Gasteiger charge is 2.08. The number of aliphatic hydroxyl groups is 1. The first-order valence-corrected chi connectivity index (χ1v) is 6.88. The number of anilines is 1. The monoisotopic (exact) mass is 255 g/mol. The summed E-state index contributed by atoms with van der Waals surface area (Å²) in [6.45, 7) is 0.226. The van der Waals surface area contributed by atoms with Crippen molar-refractivity contribution in [3.63, 3.8) is 0 Å². The van der Waals surface area contributed by atoms with Crippen molar-refractivity contribution in [2.45, 2.75) is 11.4 Å². The molecular formula is C10H13N3OS2. The number of rotatable bonds is 5. The normalized spacial score (nSPS) is 10.9. The molecule has 0 saturated carbocycles. The van der Waals surface area contributed by atoms with Gasteiger partial charge in [-0.3, -0.25) is 0 Å². The molecular weight excluding hydrogens is 242 g/mol. The summed E-state index contributed by atoms with van der Waals surface area (Å²) in [5.74, 6) is 1.53. The number of aromatic nitrogens is 2. The molecule has 0 unspecified atom stereocenters. The average Bonchev–Trinajstić information content (AvgIpc) is 2.77. The molecule has 2 aromatic heterocycles. The highest BCUT2D eigenvalue weighted by atomic mass is 32.2. The van der Waals surface area contributed by atoms with E-state index in [-0.39, 0.29) is 6.61 Å². The molecule has 0 aliphatic carbocycles. The first kappa shape index (κ1) is 11.6. The van der Waals surface area contributed by atoms with E-state index in [1.54, 1.807) is 23.1 Å². The van der Waals surface area contributed by atoms with Crippen LogP contribution in [0.25, 0.3) is 10.2 Å². The summed E-state index contributed by atoms with van der Waals surface area (Å²) in [6, 6.07) is 2.04. The summed E-state index contributed by atoms with van der Waals surface area (Å²) in [7, 11) is 1.82. The highest BCUT2D eigenvalue weighted by Crippen LogP contribution is 2.29. The fourth-order valence-electron chi connectivity index (χ4n) is 1.28. The highest BCUT2D eigenvalue weighted by molar-refractivity contribution is 7.99. The van der Waals surface area contributed by atoms with Crippen LogP contribution in [0.5, 0.6) is 0 Å². The van der Waals surface area contributed by atoms with Crippen molar-refractivity contribution in [3.8, 4) is 0 Å². The standard InChI is InChI=1S/C10H13N3OS2/c1-11-10-12-8(15-5-2-4-14)7-3-6-16-9(7)13-10/h3,6,14H,2,4-5H2,1H3,(H,11,12,13). The van der Waals surface area contributed by atoms with Crippen molar-refractivity contribution in [3.05, 3.63) is 11.4 Å². The number of hydrogen-bond acceptors (Lipinski definition) is 6. The van der Waals surface area contributed by atoms with Crippen LogP contribution in [0.4, 0.5) is 5.95 Å². The van der Waals surface area contributed by atoms with Crippen LogP contribution in [-0.4, -0.2) is 34.5 Å². The van der Waals surface area contributed by atoms with Crippen LogP contribution < -0.4 is 5.32 Å². The Morgan fingerprint density at radius 2 is 2.38 bits per heavy atom. The quantitative estimate of drug-likeness (QED) is 0.487. The molecule has 86 valence electrons. The molecule has 0 bridgehead atoms. The van der Waals surface area contributed by atoms with Crippen molar-refractivity contribution in [1.82, 2.24) is 9.97 Å². The van der Waals surface area contributed by atoms with E-state index in [2.05, 4.69) is 15.3 Å². The number of aliphatic hydroxyl groups excluding tert-OH is 1. The van der Waals surface area contributed by atoms with Crippen LogP contribution >= 0.6 is 23.1 Å². The van der Waals surface area contributed by atoms with E-state index >= 15 is 0 Å². The molecule has 16 heavy (non-hydrogen) atoms. The molecule has 2 heterocycles. The molecule has 0 amide bonds. The molecule has 0 aromatic carbocycles. The van der Waals surface area contributed by atoms with E-state index < -0.39 is 0 Å². The molecule has 0 saturated heterocycles. The van der Waals surface area contributed by atoms with Crippen LogP contribution in [0.3, 0.4) is 0 Å². The second-order valence-electron chi connectivity index (χ2n) is 3.17. The SMILES string of the molecule is CNc1nc(SCCCO)c2ccsc2n1. The molecule has 2 rings (SSSR count). The van der Waals surface area contributed by atoms with Gasteiger partial charge in [0.25, 0.3) is 0 Å². The Balaban J connectivity index is 2.29. The zero-order valence-corrected chi connectivity index (χ0v) is 10.6. The minimum absolute atomic E-state index is 0.226. The smallest absolute Gasteiger partial charge is 0.224 e. The van der Waals surface area contributed by atoms with Crippen molar-refractivity contribution in [2.75, 3.05) is 24.7 Å². The molecule has 6 heteroatoms. The number of fused-ring (bicyclic) bond motifs is 1. The van der Waals surface area contributed by atoms with Gasteiger partial charge >= 0.3 is 0 Å². The molecule has 2 aromatic rings. The van der Waals surface area contributed by atoms with Gasteiger partial charge in [-0.15, -0.1) is 23.1 Å². The van der Waals surface area contributed by atoms with Gasteiger partial charge in [-0.25, -0.2) is 9.97 Å². The van der Waals surface area contributed by atoms with Gasteiger partial charge < -0.3 is 10.4 Å². The lowest BCUT2D eigenvalue weighted by Crippen LogP contribution is -1.97. The third-order valence-corrected chi connectivity index (χ3v) is 3.94. The maximum Gasteiger partial charge on any atom is 0.224 e. The molecule has 0 spiro atoms. The molecule has 0 atom stereocenters. The number of thioether (sulfide) groups is 1. The first-order chi connectivity index (χ1) is 7.85. The lowest BCUT2D eigenvalue weighted by atomic mass is 10.4. The Morgan fingerprint density at radius 1 is 1.50 bits per heavy atom. The second-order valence-corrected chi connectivity index (χ2v) is 5.15. The fourth-order valence-corrected chi connectivity index (χ4v) is 3.05. The second kappa shape index (κ2) is 5.47. The van der Waals surface area contributed by atoms with Gasteiger partial charge in [0.05, 0.1) is 0 Å². The van der Waals surface area contributed by atoms with E-state index in [0.717, 1.165) is 27.4 Å². The van der Waals surface area contributed by atoms with E-state index in [1.165, 1.54) is 0 Å². The summed E-state index contributed by atoms with van der Waals surface area (Å²) in [4.78, 5) is 9.81. The molecule has 4 nitrogen and oxygen atoms in total. The maximum atomic E-state index is 8.76. The Labute approximate surface area is 102 Å². The zero-order valence-electron chi connectivity index (χ0n) is 8.93. The van der Waals surface area contributed by atoms with E-state index in [4.69, 9.17) is 5.11 Å². The van der Waals surface area contributed by atoms with Gasteiger partial charge in [0.15, 0.2) is 0 Å². The van der Waals surface area contributed by atoms with Crippen LogP contribution in [0.1, 0.15) is 6.42 Å². The topological polar surface area (TPSA) is 58.0 Å². The van der Waals surface area contributed by atoms with Crippen LogP contribution in [0.2, 0.25) is 0 Å². The Hall–Kier alpha value is -0.850. The fraction of sp³-hybridized carbons (Fsp3) is 0.400. The zero-order chi connectivity index (χ0) is 11.4. The first-order valence-electron chi connectivity index (χ1n) is 5.02. The third-order valence-electron chi connectivity index (χ3n) is 2.05. The largest absolute Gasteiger partial charge is 0.396 e. The average molecular weight is 255 g/mol. The van der Waals surface area contributed by atoms with Gasteiger partial charge in [-0.05, 0) is 17.9 Å². The molecule has 0 aliphatic rings. The summed E-state index contributed by atoms with van der Waals surface area (Å²) in [5.41, 5.74) is 0. The predicted molar refractivity (Wildman–Crippen MR) is 69.4 cm³/mol. The summed E-state index contributed by atoms with van der Waals surface area (Å²) >= 11 is 3.28. The molecule has 0 aliphatic heterocycles. The van der Waals surface area contributed by atoms with Gasteiger partial charge in [0.1, 0.15) is 9.86 Å². The van der Waals surface area contributed by atoms with Crippen molar-refractivity contribution in [2.24, 2.45) is 0 Å². The van der Waals surface area contributed by atoms with E-state index in [0.29, 0.717) is 5.95 Å². The molecule has 2 N–H and O–H groups in total. The summed E-state index contributed by atoms with van der Waals surface area (Å²) in [6.07, 6.45) is 0.787. The summed E-state index contributed by atoms with van der Waals surface area (Å²) in [5, 5.41) is 15.8. The number of nitrogens with one attached hydrogen (secondary N) is 1. The molecule has 0 fully saturated rings. The van der Waals surface area contributed by atoms with Gasteiger partial charge in [0.2, 0.25) is 5.95 Å². The third kappa shape index (κ3) is 2.45. The van der Waals surface area contributed by atoms with Crippen molar-refractivity contribution >= 4 is 39.3 Å². The van der Waals surface area contributed by atoms with Crippen LogP contribution in [0, 0.1) is 0 Å². The van der Waals surface area contributed by atoms with E-state index in [9.17, 15) is 0 Å². The summed E-state index contributed by atoms with van der Waals surface area (Å²) < 4.78 is 0. The van der Waals surface area contributed by atoms with Crippen LogP contribution in [0.15, 0.2) is 16.5 Å². The minimum Gasteiger partial charge on any atom is -0.396 e. The Bertz CT molecular complexity index is 472. The van der Waals surface area contributed by atoms with Crippen molar-refractivity contribution in [1.29, 1.82) is 0 Å². The number of hydrogen-bond donors (Lipinski definition) is 2. The van der Waals surface area contributed by atoms with Gasteiger partial charge in [-0.1, -0.05) is 0 Å². The van der Waals surface area contributed by atoms with Gasteiger partial charge in [-0.2, -0.15) is 0 Å². The Kier molecular flexibility index (Phi) is 3.98. The van der Waals surface area contributed by atoms with Crippen molar-refractivity contribution < 1.29 is 5.11 Å². The molecule has 0 radical (unpaired) electrons.